The molecule has 3 aromatic rings. The van der Waals surface area contributed by atoms with Gasteiger partial charge in [0.25, 0.3) is 0 Å². The lowest BCUT2D eigenvalue weighted by Gasteiger charge is -2.35. The molecule has 1 aliphatic heterocycles. The van der Waals surface area contributed by atoms with Crippen LogP contribution in [0.3, 0.4) is 0 Å². The Morgan fingerprint density at radius 1 is 1.13 bits per heavy atom. The molecule has 1 aromatic heterocycles. The van der Waals surface area contributed by atoms with Crippen molar-refractivity contribution < 1.29 is 13.9 Å². The number of piperidine rings is 1. The molecule has 0 radical (unpaired) electrons. The van der Waals surface area contributed by atoms with Gasteiger partial charge in [-0.3, -0.25) is 9.69 Å². The number of aryl methyl sites for hydroxylation is 1. The van der Waals surface area contributed by atoms with Crippen molar-refractivity contribution in [3.63, 3.8) is 0 Å². The Kier molecular flexibility index (Phi) is 6.64. The Morgan fingerprint density at radius 3 is 2.63 bits per heavy atom. The maximum atomic E-state index is 12.5. The van der Waals surface area contributed by atoms with Crippen LogP contribution in [0.5, 0.6) is 5.75 Å². The fourth-order valence-corrected chi connectivity index (χ4v) is 4.06. The number of ether oxygens (including phenoxy) is 1. The summed E-state index contributed by atoms with van der Waals surface area (Å²) in [5.41, 5.74) is 2.80. The van der Waals surface area contributed by atoms with Gasteiger partial charge in [0, 0.05) is 19.4 Å². The Balaban J connectivity index is 1.36. The van der Waals surface area contributed by atoms with Gasteiger partial charge in [-0.1, -0.05) is 30.7 Å². The number of fused-ring (bicyclic) bond motifs is 1. The van der Waals surface area contributed by atoms with Crippen LogP contribution in [-0.2, 0) is 11.2 Å². The molecule has 0 spiro atoms. The molecule has 158 valence electrons. The Labute approximate surface area is 177 Å². The first-order valence-electron chi connectivity index (χ1n) is 10.7. The summed E-state index contributed by atoms with van der Waals surface area (Å²) in [6, 6.07) is 16.0. The van der Waals surface area contributed by atoms with E-state index in [9.17, 15) is 4.79 Å². The number of oxazole rings is 1. The summed E-state index contributed by atoms with van der Waals surface area (Å²) in [5, 5.41) is 3.13. The smallest absolute Gasteiger partial charge is 0.220 e. The number of nitrogens with zero attached hydrogens (tertiary/aromatic N) is 2. The summed E-state index contributed by atoms with van der Waals surface area (Å²) >= 11 is 0. The largest absolute Gasteiger partial charge is 0.497 e. The van der Waals surface area contributed by atoms with Crippen LogP contribution in [0.2, 0.25) is 0 Å². The number of nitrogens with one attached hydrogen (secondary N) is 1. The molecule has 30 heavy (non-hydrogen) atoms. The van der Waals surface area contributed by atoms with E-state index in [1.165, 1.54) is 24.8 Å². The molecule has 6 heteroatoms. The molecule has 1 amide bonds. The zero-order valence-corrected chi connectivity index (χ0v) is 17.5. The van der Waals surface area contributed by atoms with E-state index >= 15 is 0 Å². The van der Waals surface area contributed by atoms with Gasteiger partial charge in [-0.05, 0) is 55.8 Å². The molecular weight excluding hydrogens is 378 g/mol. The molecular formula is C24H29N3O3. The second kappa shape index (κ2) is 9.76. The molecule has 0 bridgehead atoms. The standard InChI is InChI=1S/C24H29N3O3/c1-29-19-11-9-18(10-12-19)21(27-15-5-2-6-16-27)17-25-23(28)13-14-24-26-20-7-3-4-8-22(20)30-24/h3-4,7-12,21H,2,5-6,13-17H2,1H3,(H,25,28)/t21-/m1/s1. The van der Waals surface area contributed by atoms with Crippen molar-refractivity contribution in [3.05, 3.63) is 60.0 Å². The summed E-state index contributed by atoms with van der Waals surface area (Å²) in [6.45, 7) is 2.73. The van der Waals surface area contributed by atoms with E-state index in [0.29, 0.717) is 25.3 Å². The number of para-hydroxylation sites is 2. The zero-order valence-electron chi connectivity index (χ0n) is 17.5. The summed E-state index contributed by atoms with van der Waals surface area (Å²) in [4.78, 5) is 19.5. The minimum absolute atomic E-state index is 0.0211. The van der Waals surface area contributed by atoms with Crippen LogP contribution in [0.1, 0.15) is 43.2 Å². The zero-order chi connectivity index (χ0) is 20.8. The van der Waals surface area contributed by atoms with Gasteiger partial charge in [0.15, 0.2) is 11.5 Å². The van der Waals surface area contributed by atoms with Crippen molar-refractivity contribution in [3.8, 4) is 5.75 Å². The summed E-state index contributed by atoms with van der Waals surface area (Å²) in [5.74, 6) is 1.47. The molecule has 4 rings (SSSR count). The minimum atomic E-state index is 0.0211. The van der Waals surface area contributed by atoms with Gasteiger partial charge in [0.2, 0.25) is 5.91 Å². The second-order valence-electron chi connectivity index (χ2n) is 7.76. The predicted octanol–water partition coefficient (Wildman–Crippen LogP) is 4.11. The number of aromatic nitrogens is 1. The van der Waals surface area contributed by atoms with E-state index in [0.717, 1.165) is 29.9 Å². The van der Waals surface area contributed by atoms with Gasteiger partial charge in [-0.15, -0.1) is 0 Å². The number of benzene rings is 2. The predicted molar refractivity (Wildman–Crippen MR) is 116 cm³/mol. The number of amides is 1. The summed E-state index contributed by atoms with van der Waals surface area (Å²) in [6.07, 6.45) is 4.55. The average molecular weight is 408 g/mol. The number of likely N-dealkylation sites (tertiary alicyclic amines) is 1. The van der Waals surface area contributed by atoms with Gasteiger partial charge in [0.05, 0.1) is 13.2 Å². The number of hydrogen-bond acceptors (Lipinski definition) is 5. The lowest BCUT2D eigenvalue weighted by atomic mass is 10.0. The van der Waals surface area contributed by atoms with Crippen molar-refractivity contribution in [2.45, 2.75) is 38.1 Å². The molecule has 1 fully saturated rings. The second-order valence-corrected chi connectivity index (χ2v) is 7.76. The highest BCUT2D eigenvalue weighted by molar-refractivity contribution is 5.76. The van der Waals surface area contributed by atoms with Gasteiger partial charge < -0.3 is 14.5 Å². The Hall–Kier alpha value is -2.86. The van der Waals surface area contributed by atoms with Crippen LogP contribution in [0.4, 0.5) is 0 Å². The van der Waals surface area contributed by atoms with Gasteiger partial charge >= 0.3 is 0 Å². The highest BCUT2D eigenvalue weighted by Gasteiger charge is 2.23. The SMILES string of the molecule is COc1ccc([C@@H](CNC(=O)CCc2nc3ccccc3o2)N2CCCCC2)cc1. The van der Waals surface area contributed by atoms with E-state index in [4.69, 9.17) is 9.15 Å². The maximum Gasteiger partial charge on any atom is 0.220 e. The van der Waals surface area contributed by atoms with Gasteiger partial charge in [0.1, 0.15) is 11.3 Å². The van der Waals surface area contributed by atoms with E-state index in [1.807, 2.05) is 36.4 Å². The molecule has 0 unspecified atom stereocenters. The van der Waals surface area contributed by atoms with Crippen LogP contribution in [-0.4, -0.2) is 42.5 Å². The van der Waals surface area contributed by atoms with Crippen molar-refractivity contribution >= 4 is 17.0 Å². The van der Waals surface area contributed by atoms with Crippen molar-refractivity contribution in [2.75, 3.05) is 26.7 Å². The lowest BCUT2D eigenvalue weighted by molar-refractivity contribution is -0.121. The molecule has 0 saturated carbocycles. The monoisotopic (exact) mass is 407 g/mol. The third-order valence-electron chi connectivity index (χ3n) is 5.73. The Bertz CT molecular complexity index is 928. The van der Waals surface area contributed by atoms with Crippen molar-refractivity contribution in [1.29, 1.82) is 0 Å². The Morgan fingerprint density at radius 2 is 1.90 bits per heavy atom. The summed E-state index contributed by atoms with van der Waals surface area (Å²) in [7, 11) is 1.67. The topological polar surface area (TPSA) is 67.6 Å². The van der Waals surface area contributed by atoms with Crippen molar-refractivity contribution in [2.24, 2.45) is 0 Å². The van der Waals surface area contributed by atoms with Crippen LogP contribution in [0.15, 0.2) is 52.9 Å². The average Bonchev–Trinajstić information content (AvgIpc) is 3.22. The molecule has 0 aliphatic carbocycles. The molecule has 1 N–H and O–H groups in total. The fraction of sp³-hybridized carbons (Fsp3) is 0.417. The quantitative estimate of drug-likeness (QED) is 0.609. The molecule has 1 atom stereocenters. The first-order valence-corrected chi connectivity index (χ1v) is 10.7. The van der Waals surface area contributed by atoms with Crippen LogP contribution >= 0.6 is 0 Å². The number of carbonyl (C=O) groups is 1. The lowest BCUT2D eigenvalue weighted by Crippen LogP contribution is -2.40. The van der Waals surface area contributed by atoms with E-state index in [1.54, 1.807) is 7.11 Å². The number of rotatable bonds is 8. The molecule has 1 saturated heterocycles. The fourth-order valence-electron chi connectivity index (χ4n) is 4.06. The van der Waals surface area contributed by atoms with Gasteiger partial charge in [-0.25, -0.2) is 4.98 Å². The number of hydrogen-bond donors (Lipinski definition) is 1. The van der Waals surface area contributed by atoms with E-state index in [2.05, 4.69) is 27.3 Å². The third-order valence-corrected chi connectivity index (χ3v) is 5.73. The van der Waals surface area contributed by atoms with Gasteiger partial charge in [-0.2, -0.15) is 0 Å². The normalized spacial score (nSPS) is 15.8. The molecule has 2 aromatic carbocycles. The third kappa shape index (κ3) is 5.00. The van der Waals surface area contributed by atoms with Crippen LogP contribution < -0.4 is 10.1 Å². The highest BCUT2D eigenvalue weighted by Crippen LogP contribution is 2.26. The minimum Gasteiger partial charge on any atom is -0.497 e. The molecule has 6 nitrogen and oxygen atoms in total. The van der Waals surface area contributed by atoms with Crippen LogP contribution in [0.25, 0.3) is 11.1 Å². The molecule has 2 heterocycles. The van der Waals surface area contributed by atoms with Crippen molar-refractivity contribution in [1.82, 2.24) is 15.2 Å². The van der Waals surface area contributed by atoms with E-state index < -0.39 is 0 Å². The first kappa shape index (κ1) is 20.4. The molecule has 1 aliphatic rings. The first-order chi connectivity index (χ1) is 14.7. The number of methoxy groups -OCH3 is 1. The number of carbonyl (C=O) groups excluding carboxylic acids is 1. The maximum absolute atomic E-state index is 12.5. The van der Waals surface area contributed by atoms with Crippen LogP contribution in [0, 0.1) is 0 Å². The summed E-state index contributed by atoms with van der Waals surface area (Å²) < 4.78 is 11.0. The highest BCUT2D eigenvalue weighted by atomic mass is 16.5. The van der Waals surface area contributed by atoms with E-state index in [-0.39, 0.29) is 11.9 Å².